The lowest BCUT2D eigenvalue weighted by Crippen LogP contribution is -2.40. The number of aliphatic carboxylic acids is 1. The Morgan fingerprint density at radius 3 is 2.37 bits per heavy atom. The van der Waals surface area contributed by atoms with Gasteiger partial charge in [0.25, 0.3) is 0 Å². The van der Waals surface area contributed by atoms with E-state index in [0.717, 1.165) is 17.5 Å². The van der Waals surface area contributed by atoms with Crippen LogP contribution in [0.3, 0.4) is 0 Å². The van der Waals surface area contributed by atoms with Gasteiger partial charge in [-0.15, -0.1) is 0 Å². The molecule has 1 amide bonds. The second kappa shape index (κ2) is 17.8. The molecule has 0 bridgehead atoms. The average Bonchev–Trinajstić information content (AvgIpc) is 3.57. The number of carbonyl (C=O) groups is 2. The van der Waals surface area contributed by atoms with Crippen molar-refractivity contribution in [2.75, 3.05) is 32.5 Å². The SMILES string of the molecule is CC(=O)NC(CC(C)C)C(=O)O.CN1CCC[C@@H]1Cc1c[nH]c2ccc(CCS(=O)(=O)c3ccccc3)cc12.NCCO. The lowest BCUT2D eigenvalue weighted by atomic mass is 10.0. The number of aliphatic hydroxyl groups excluding tert-OH is 1. The second-order valence-corrected chi connectivity index (χ2v) is 13.4. The van der Waals surface area contributed by atoms with Crippen molar-refractivity contribution >= 4 is 32.6 Å². The zero-order chi connectivity index (χ0) is 32.0. The van der Waals surface area contributed by atoms with Gasteiger partial charge in [-0.2, -0.15) is 0 Å². The number of rotatable bonds is 11. The van der Waals surface area contributed by atoms with E-state index in [-0.39, 0.29) is 24.2 Å². The number of benzene rings is 2. The topological polar surface area (TPSA) is 166 Å². The number of hydrogen-bond acceptors (Lipinski definition) is 7. The number of carbonyl (C=O) groups excluding carboxylic acids is 1. The highest BCUT2D eigenvalue weighted by Crippen LogP contribution is 2.26. The quantitative estimate of drug-likeness (QED) is 0.219. The summed E-state index contributed by atoms with van der Waals surface area (Å²) in [6.45, 7) is 6.79. The molecule has 0 saturated carbocycles. The molecular weight excluding hydrogens is 568 g/mol. The summed E-state index contributed by atoms with van der Waals surface area (Å²) in [6.07, 6.45) is 6.67. The van der Waals surface area contributed by atoms with Crippen molar-refractivity contribution in [3.05, 3.63) is 65.9 Å². The number of aromatic nitrogens is 1. The molecular formula is C32H48N4O6S. The third-order valence-corrected chi connectivity index (χ3v) is 8.96. The van der Waals surface area contributed by atoms with E-state index >= 15 is 0 Å². The second-order valence-electron chi connectivity index (χ2n) is 11.3. The molecule has 2 heterocycles. The molecule has 2 aromatic carbocycles. The van der Waals surface area contributed by atoms with Gasteiger partial charge in [-0.05, 0) is 87.0 Å². The van der Waals surface area contributed by atoms with Gasteiger partial charge in [0.05, 0.1) is 17.3 Å². The van der Waals surface area contributed by atoms with Crippen molar-refractivity contribution in [3.63, 3.8) is 0 Å². The number of aryl methyl sites for hydroxylation is 1. The molecule has 4 rings (SSSR count). The molecule has 1 aliphatic heterocycles. The van der Waals surface area contributed by atoms with Gasteiger partial charge in [0.1, 0.15) is 6.04 Å². The normalized spacial score (nSPS) is 15.7. The van der Waals surface area contributed by atoms with E-state index < -0.39 is 21.8 Å². The van der Waals surface area contributed by atoms with Crippen molar-refractivity contribution in [2.45, 2.75) is 69.9 Å². The number of fused-ring (bicyclic) bond motifs is 1. The average molecular weight is 617 g/mol. The van der Waals surface area contributed by atoms with Crippen molar-refractivity contribution < 1.29 is 28.2 Å². The molecule has 1 aliphatic rings. The zero-order valence-corrected chi connectivity index (χ0v) is 26.6. The summed E-state index contributed by atoms with van der Waals surface area (Å²) < 4.78 is 25.1. The van der Waals surface area contributed by atoms with E-state index in [0.29, 0.717) is 30.3 Å². The smallest absolute Gasteiger partial charge is 0.326 e. The van der Waals surface area contributed by atoms with Gasteiger partial charge in [-0.3, -0.25) is 4.79 Å². The molecule has 1 aromatic heterocycles. The monoisotopic (exact) mass is 616 g/mol. The first-order valence-corrected chi connectivity index (χ1v) is 16.4. The number of likely N-dealkylation sites (tertiary alicyclic amines) is 1. The maximum Gasteiger partial charge on any atom is 0.326 e. The van der Waals surface area contributed by atoms with E-state index in [9.17, 15) is 18.0 Å². The summed E-state index contributed by atoms with van der Waals surface area (Å²) in [5.41, 5.74) is 8.31. The van der Waals surface area contributed by atoms with Gasteiger partial charge >= 0.3 is 5.97 Å². The van der Waals surface area contributed by atoms with Crippen LogP contribution in [-0.4, -0.2) is 85.0 Å². The van der Waals surface area contributed by atoms with Crippen molar-refractivity contribution in [3.8, 4) is 0 Å². The number of aliphatic hydroxyl groups is 1. The molecule has 0 spiro atoms. The van der Waals surface area contributed by atoms with Gasteiger partial charge < -0.3 is 31.1 Å². The predicted molar refractivity (Wildman–Crippen MR) is 171 cm³/mol. The minimum absolute atomic E-state index is 0.0972. The molecule has 238 valence electrons. The number of H-pyrrole nitrogens is 1. The lowest BCUT2D eigenvalue weighted by molar-refractivity contribution is -0.142. The molecule has 0 radical (unpaired) electrons. The molecule has 43 heavy (non-hydrogen) atoms. The van der Waals surface area contributed by atoms with E-state index in [1.54, 1.807) is 24.3 Å². The Labute approximate surface area is 255 Å². The molecule has 1 unspecified atom stereocenters. The molecule has 3 aromatic rings. The maximum absolute atomic E-state index is 12.5. The number of aromatic amines is 1. The fourth-order valence-electron chi connectivity index (χ4n) is 4.98. The molecule has 0 aliphatic carbocycles. The van der Waals surface area contributed by atoms with Crippen LogP contribution in [-0.2, 0) is 32.3 Å². The zero-order valence-electron chi connectivity index (χ0n) is 25.8. The number of carboxylic acid groups (broad SMARTS) is 1. The lowest BCUT2D eigenvalue weighted by Gasteiger charge is -2.18. The van der Waals surface area contributed by atoms with Gasteiger partial charge in [0.2, 0.25) is 5.91 Å². The number of nitrogens with one attached hydrogen (secondary N) is 2. The number of likely N-dealkylation sites (N-methyl/N-ethyl adjacent to an activating group) is 1. The first-order chi connectivity index (χ1) is 20.4. The van der Waals surface area contributed by atoms with E-state index in [2.05, 4.69) is 40.6 Å². The fraction of sp³-hybridized carbons (Fsp3) is 0.500. The summed E-state index contributed by atoms with van der Waals surface area (Å²) in [5, 5.41) is 20.0. The minimum Gasteiger partial charge on any atom is -0.480 e. The Morgan fingerprint density at radius 2 is 1.84 bits per heavy atom. The maximum atomic E-state index is 12.5. The molecule has 1 saturated heterocycles. The van der Waals surface area contributed by atoms with Crippen LogP contribution >= 0.6 is 0 Å². The first kappa shape index (κ1) is 35.9. The van der Waals surface area contributed by atoms with Crippen LogP contribution in [0.4, 0.5) is 0 Å². The van der Waals surface area contributed by atoms with E-state index in [1.807, 2.05) is 26.0 Å². The number of amides is 1. The Balaban J connectivity index is 0.000000338. The largest absolute Gasteiger partial charge is 0.480 e. The van der Waals surface area contributed by atoms with Gasteiger partial charge in [0.15, 0.2) is 9.84 Å². The van der Waals surface area contributed by atoms with Gasteiger partial charge in [-0.1, -0.05) is 38.1 Å². The van der Waals surface area contributed by atoms with Crippen LogP contribution < -0.4 is 11.1 Å². The Kier molecular flexibility index (Phi) is 14.9. The fourth-order valence-corrected chi connectivity index (χ4v) is 6.29. The van der Waals surface area contributed by atoms with Crippen LogP contribution in [0.2, 0.25) is 0 Å². The van der Waals surface area contributed by atoms with Gasteiger partial charge in [0, 0.05) is 36.6 Å². The third-order valence-electron chi connectivity index (χ3n) is 7.23. The van der Waals surface area contributed by atoms with E-state index in [4.69, 9.17) is 15.9 Å². The van der Waals surface area contributed by atoms with E-state index in [1.165, 1.54) is 37.3 Å². The van der Waals surface area contributed by atoms with Gasteiger partial charge in [-0.25, -0.2) is 13.2 Å². The number of hydrogen-bond donors (Lipinski definition) is 5. The summed E-state index contributed by atoms with van der Waals surface area (Å²) >= 11 is 0. The Hall–Kier alpha value is -3.25. The minimum atomic E-state index is -3.25. The summed E-state index contributed by atoms with van der Waals surface area (Å²) in [4.78, 5) is 27.3. The van der Waals surface area contributed by atoms with Crippen molar-refractivity contribution in [1.29, 1.82) is 0 Å². The van der Waals surface area contributed by atoms with Crippen LogP contribution in [0.15, 0.2) is 59.6 Å². The number of nitrogens with zero attached hydrogens (tertiary/aromatic N) is 1. The number of sulfone groups is 1. The Bertz CT molecular complexity index is 1390. The molecule has 6 N–H and O–H groups in total. The van der Waals surface area contributed by atoms with Crippen molar-refractivity contribution in [1.82, 2.24) is 15.2 Å². The highest BCUT2D eigenvalue weighted by Gasteiger charge is 2.22. The highest BCUT2D eigenvalue weighted by atomic mass is 32.2. The first-order valence-electron chi connectivity index (χ1n) is 14.8. The summed E-state index contributed by atoms with van der Waals surface area (Å²) in [7, 11) is -1.05. The highest BCUT2D eigenvalue weighted by molar-refractivity contribution is 7.91. The van der Waals surface area contributed by atoms with Crippen LogP contribution in [0.1, 0.15) is 51.2 Å². The van der Waals surface area contributed by atoms with Crippen molar-refractivity contribution in [2.24, 2.45) is 11.7 Å². The molecule has 2 atom stereocenters. The van der Waals surface area contributed by atoms with Crippen LogP contribution in [0.25, 0.3) is 10.9 Å². The van der Waals surface area contributed by atoms with Crippen LogP contribution in [0, 0.1) is 5.92 Å². The molecule has 11 heteroatoms. The van der Waals surface area contributed by atoms with Crippen LogP contribution in [0.5, 0.6) is 0 Å². The third kappa shape index (κ3) is 12.1. The molecule has 1 fully saturated rings. The standard InChI is InChI=1S/C22H26N2O2S.C8H15NO3.C2H7NO/c1-24-12-5-6-19(24)15-18-16-23-22-10-9-17(14-21(18)22)11-13-27(25,26)20-7-3-2-4-8-20;1-5(2)4-7(8(11)12)9-6(3)10;3-1-2-4/h2-4,7-10,14,16,19,23H,5-6,11-13,15H2,1H3;5,7H,4H2,1-3H3,(H,9,10)(H,11,12);4H,1-3H2/t19-;;/m1../s1. The predicted octanol–water partition coefficient (Wildman–Crippen LogP) is 3.38. The Morgan fingerprint density at radius 1 is 1.16 bits per heavy atom. The summed E-state index contributed by atoms with van der Waals surface area (Å²) in [6, 6.07) is 14.8. The number of nitrogens with two attached hydrogens (primary N) is 1. The number of carboxylic acids is 1. The summed E-state index contributed by atoms with van der Waals surface area (Å²) in [5.74, 6) is -0.881. The molecule has 10 nitrogen and oxygen atoms in total.